The fourth-order valence-corrected chi connectivity index (χ4v) is 1.69. The van der Waals surface area contributed by atoms with Crippen LogP contribution in [0.5, 0.6) is 0 Å². The Kier molecular flexibility index (Phi) is 3.36. The van der Waals surface area contributed by atoms with Gasteiger partial charge in [0.25, 0.3) is 0 Å². The number of nitrogens with one attached hydrogen (secondary N) is 1. The van der Waals surface area contributed by atoms with Gasteiger partial charge in [0.05, 0.1) is 11.9 Å². The Bertz CT molecular complexity index is 704. The molecule has 20 heavy (non-hydrogen) atoms. The summed E-state index contributed by atoms with van der Waals surface area (Å²) in [6.07, 6.45) is 8.28. The molecule has 0 aliphatic carbocycles. The van der Waals surface area contributed by atoms with Gasteiger partial charge in [0.1, 0.15) is 5.60 Å². The maximum absolute atomic E-state index is 11.7. The van der Waals surface area contributed by atoms with Crippen LogP contribution >= 0.6 is 0 Å². The first-order chi connectivity index (χ1) is 9.28. The quantitative estimate of drug-likeness (QED) is 0.809. The normalized spacial score (nSPS) is 11.2. The number of hydrogen-bond acceptors (Lipinski definition) is 4. The summed E-state index contributed by atoms with van der Waals surface area (Å²) in [7, 11) is 0. The molecule has 0 saturated heterocycles. The molecule has 0 aliphatic heterocycles. The summed E-state index contributed by atoms with van der Waals surface area (Å²) in [5.74, 6) is 2.84. The van der Waals surface area contributed by atoms with Gasteiger partial charge in [-0.2, -0.15) is 0 Å². The standard InChI is InChI=1S/C14H16N4O2/c1-6-10-12-16-11(8-18(12)7-9(2)15-10)17-13(19)20-14(3,4)5/h1,7-8H,2-5H3,(H,17,19). The highest BCUT2D eigenvalue weighted by molar-refractivity contribution is 5.84. The zero-order valence-electron chi connectivity index (χ0n) is 11.9. The molecular formula is C14H16N4O2. The highest BCUT2D eigenvalue weighted by atomic mass is 16.6. The molecule has 0 atom stereocenters. The molecule has 2 aromatic heterocycles. The molecule has 1 amide bonds. The molecule has 0 spiro atoms. The maximum Gasteiger partial charge on any atom is 0.413 e. The van der Waals surface area contributed by atoms with Crippen molar-refractivity contribution in [2.75, 3.05) is 5.32 Å². The van der Waals surface area contributed by atoms with Crippen molar-refractivity contribution in [3.05, 3.63) is 23.8 Å². The Hall–Kier alpha value is -2.55. The number of anilines is 1. The van der Waals surface area contributed by atoms with Crippen LogP contribution in [0.25, 0.3) is 5.65 Å². The molecule has 6 nitrogen and oxygen atoms in total. The van der Waals surface area contributed by atoms with Gasteiger partial charge in [0, 0.05) is 6.20 Å². The second-order valence-electron chi connectivity index (χ2n) is 5.36. The monoisotopic (exact) mass is 272 g/mol. The Balaban J connectivity index is 2.29. The Morgan fingerprint density at radius 1 is 1.40 bits per heavy atom. The van der Waals surface area contributed by atoms with Crippen LogP contribution in [-0.2, 0) is 4.74 Å². The van der Waals surface area contributed by atoms with E-state index in [1.165, 1.54) is 0 Å². The lowest BCUT2D eigenvalue weighted by molar-refractivity contribution is 0.0635. The third-order valence-electron chi connectivity index (χ3n) is 2.32. The zero-order valence-corrected chi connectivity index (χ0v) is 11.9. The highest BCUT2D eigenvalue weighted by Gasteiger charge is 2.17. The number of fused-ring (bicyclic) bond motifs is 1. The summed E-state index contributed by atoms with van der Waals surface area (Å²) in [5.41, 5.74) is 1.16. The van der Waals surface area contributed by atoms with Crippen LogP contribution in [0.4, 0.5) is 10.6 Å². The third kappa shape index (κ3) is 3.06. The van der Waals surface area contributed by atoms with Crippen LogP contribution in [0.2, 0.25) is 0 Å². The number of ether oxygens (including phenoxy) is 1. The minimum atomic E-state index is -0.564. The summed E-state index contributed by atoms with van der Waals surface area (Å²) in [6, 6.07) is 0. The van der Waals surface area contributed by atoms with Crippen molar-refractivity contribution < 1.29 is 9.53 Å². The van der Waals surface area contributed by atoms with E-state index in [1.54, 1.807) is 37.6 Å². The van der Waals surface area contributed by atoms with Gasteiger partial charge in [-0.05, 0) is 33.6 Å². The Morgan fingerprint density at radius 2 is 2.10 bits per heavy atom. The van der Waals surface area contributed by atoms with Crippen LogP contribution in [0.3, 0.4) is 0 Å². The minimum absolute atomic E-state index is 0.364. The number of nitrogens with zero attached hydrogens (tertiary/aromatic N) is 3. The SMILES string of the molecule is C#Cc1nc(C)cn2cc(NC(=O)OC(C)(C)C)nc12. The summed E-state index contributed by atoms with van der Waals surface area (Å²) < 4.78 is 6.89. The van der Waals surface area contributed by atoms with E-state index >= 15 is 0 Å². The van der Waals surface area contributed by atoms with Gasteiger partial charge >= 0.3 is 6.09 Å². The number of aromatic nitrogens is 3. The van der Waals surface area contributed by atoms with E-state index < -0.39 is 11.7 Å². The van der Waals surface area contributed by atoms with Crippen LogP contribution in [0.1, 0.15) is 32.2 Å². The van der Waals surface area contributed by atoms with E-state index in [0.717, 1.165) is 5.69 Å². The predicted molar refractivity (Wildman–Crippen MR) is 75.5 cm³/mol. The number of carbonyl (C=O) groups excluding carboxylic acids is 1. The van der Waals surface area contributed by atoms with Gasteiger partial charge in [-0.1, -0.05) is 0 Å². The second-order valence-corrected chi connectivity index (χ2v) is 5.36. The van der Waals surface area contributed by atoms with Crippen molar-refractivity contribution in [2.24, 2.45) is 0 Å². The first kappa shape index (κ1) is 13.9. The van der Waals surface area contributed by atoms with E-state index in [9.17, 15) is 4.79 Å². The molecular weight excluding hydrogens is 256 g/mol. The van der Waals surface area contributed by atoms with Gasteiger partial charge in [-0.15, -0.1) is 6.42 Å². The summed E-state index contributed by atoms with van der Waals surface area (Å²) in [4.78, 5) is 20.1. The predicted octanol–water partition coefficient (Wildman–Crippen LogP) is 2.37. The first-order valence-corrected chi connectivity index (χ1v) is 6.11. The molecule has 0 fully saturated rings. The maximum atomic E-state index is 11.7. The van der Waals surface area contributed by atoms with Gasteiger partial charge in [-0.3, -0.25) is 5.32 Å². The van der Waals surface area contributed by atoms with Gasteiger partial charge in [-0.25, -0.2) is 14.8 Å². The van der Waals surface area contributed by atoms with Gasteiger partial charge < -0.3 is 9.14 Å². The third-order valence-corrected chi connectivity index (χ3v) is 2.32. The van der Waals surface area contributed by atoms with Crippen molar-refractivity contribution in [1.82, 2.24) is 14.4 Å². The summed E-state index contributed by atoms with van der Waals surface area (Å²) >= 11 is 0. The highest BCUT2D eigenvalue weighted by Crippen LogP contribution is 2.15. The van der Waals surface area contributed by atoms with Crippen molar-refractivity contribution in [3.63, 3.8) is 0 Å². The van der Waals surface area contributed by atoms with E-state index in [4.69, 9.17) is 11.2 Å². The molecule has 2 heterocycles. The lowest BCUT2D eigenvalue weighted by atomic mass is 10.2. The fourth-order valence-electron chi connectivity index (χ4n) is 1.69. The number of carbonyl (C=O) groups is 1. The minimum Gasteiger partial charge on any atom is -0.444 e. The first-order valence-electron chi connectivity index (χ1n) is 6.11. The van der Waals surface area contributed by atoms with Crippen molar-refractivity contribution in [2.45, 2.75) is 33.3 Å². The molecule has 0 aliphatic rings. The molecule has 0 unspecified atom stereocenters. The van der Waals surface area contributed by atoms with Gasteiger partial charge in [0.2, 0.25) is 0 Å². The zero-order chi connectivity index (χ0) is 14.9. The number of aryl methyl sites for hydroxylation is 1. The smallest absolute Gasteiger partial charge is 0.413 e. The number of terminal acetylenes is 1. The van der Waals surface area contributed by atoms with E-state index in [2.05, 4.69) is 21.2 Å². The summed E-state index contributed by atoms with van der Waals surface area (Å²) in [6.45, 7) is 7.21. The van der Waals surface area contributed by atoms with E-state index in [-0.39, 0.29) is 0 Å². The molecule has 0 bridgehead atoms. The number of rotatable bonds is 1. The second kappa shape index (κ2) is 4.85. The summed E-state index contributed by atoms with van der Waals surface area (Å²) in [5, 5.41) is 2.57. The molecule has 104 valence electrons. The molecule has 0 radical (unpaired) electrons. The molecule has 6 heteroatoms. The van der Waals surface area contributed by atoms with Crippen molar-refractivity contribution in [3.8, 4) is 12.3 Å². The average Bonchev–Trinajstić information content (AvgIpc) is 2.66. The molecule has 0 aromatic carbocycles. The van der Waals surface area contributed by atoms with Gasteiger partial charge in [0.15, 0.2) is 17.2 Å². The van der Waals surface area contributed by atoms with E-state index in [0.29, 0.717) is 17.2 Å². The van der Waals surface area contributed by atoms with Crippen LogP contribution in [0.15, 0.2) is 12.4 Å². The van der Waals surface area contributed by atoms with E-state index in [1.807, 2.05) is 6.92 Å². The Morgan fingerprint density at radius 3 is 2.70 bits per heavy atom. The molecule has 0 saturated carbocycles. The Labute approximate surface area is 117 Å². The molecule has 2 rings (SSSR count). The van der Waals surface area contributed by atoms with Crippen LogP contribution in [0, 0.1) is 19.3 Å². The average molecular weight is 272 g/mol. The van der Waals surface area contributed by atoms with Crippen LogP contribution in [-0.4, -0.2) is 26.1 Å². The van der Waals surface area contributed by atoms with Crippen molar-refractivity contribution >= 4 is 17.6 Å². The number of imidazole rings is 1. The molecule has 1 N–H and O–H groups in total. The lowest BCUT2D eigenvalue weighted by Gasteiger charge is -2.18. The van der Waals surface area contributed by atoms with Crippen molar-refractivity contribution in [1.29, 1.82) is 0 Å². The van der Waals surface area contributed by atoms with Crippen LogP contribution < -0.4 is 5.32 Å². The number of hydrogen-bond donors (Lipinski definition) is 1. The topological polar surface area (TPSA) is 68.5 Å². The largest absolute Gasteiger partial charge is 0.444 e. The lowest BCUT2D eigenvalue weighted by Crippen LogP contribution is -2.27. The molecule has 2 aromatic rings. The number of amides is 1. The fraction of sp³-hybridized carbons (Fsp3) is 0.357.